The molecule has 0 saturated heterocycles. The Morgan fingerprint density at radius 3 is 1.93 bits per heavy atom. The van der Waals surface area contributed by atoms with E-state index in [-0.39, 0.29) is 0 Å². The third-order valence-corrected chi connectivity index (χ3v) is 4.99. The van der Waals surface area contributed by atoms with Gasteiger partial charge in [-0.05, 0) is 34.3 Å². The van der Waals surface area contributed by atoms with Crippen LogP contribution in [0.25, 0.3) is 39.1 Å². The molecule has 0 fully saturated rings. The molecule has 0 N–H and O–H groups in total. The average Bonchev–Trinajstić information content (AvgIpc) is 2.80. The lowest BCUT2D eigenvalue weighted by Gasteiger charge is -2.14. The Morgan fingerprint density at radius 2 is 1.21 bits per heavy atom. The van der Waals surface area contributed by atoms with Crippen LogP contribution in [0.3, 0.4) is 0 Å². The van der Waals surface area contributed by atoms with Crippen molar-refractivity contribution in [1.82, 2.24) is 4.98 Å². The van der Waals surface area contributed by atoms with Crippen LogP contribution < -0.4 is 4.57 Å². The summed E-state index contributed by atoms with van der Waals surface area (Å²) in [5.41, 5.74) is 5.86. The zero-order chi connectivity index (χ0) is 18.8. The molecule has 0 atom stereocenters. The first-order valence-corrected chi connectivity index (χ1v) is 9.42. The van der Waals surface area contributed by atoms with E-state index in [0.717, 1.165) is 22.6 Å². The third-order valence-electron chi connectivity index (χ3n) is 4.99. The molecule has 2 heteroatoms. The first-order valence-electron chi connectivity index (χ1n) is 9.42. The van der Waals surface area contributed by atoms with Gasteiger partial charge in [0.1, 0.15) is 17.4 Å². The predicted octanol–water partition coefficient (Wildman–Crippen LogP) is 5.85. The summed E-state index contributed by atoms with van der Waals surface area (Å²) < 4.78 is 2.25. The van der Waals surface area contributed by atoms with Crippen LogP contribution in [-0.4, -0.2) is 4.98 Å². The van der Waals surface area contributed by atoms with E-state index in [0.29, 0.717) is 0 Å². The summed E-state index contributed by atoms with van der Waals surface area (Å²) in [6.07, 6.45) is 1.84. The quantitative estimate of drug-likeness (QED) is 0.370. The Balaban J connectivity index is 1.93. The minimum Gasteiger partial charge on any atom is -0.189 e. The average molecular weight is 359 g/mol. The maximum Gasteiger partial charge on any atom is 0.328 e. The van der Waals surface area contributed by atoms with Gasteiger partial charge in [0.05, 0.1) is 0 Å². The number of nitrogens with zero attached hydrogens (tertiary/aromatic N) is 2. The van der Waals surface area contributed by atoms with Crippen molar-refractivity contribution in [2.75, 3.05) is 0 Å². The molecule has 5 rings (SSSR count). The van der Waals surface area contributed by atoms with Crippen molar-refractivity contribution in [3.8, 4) is 28.2 Å². The summed E-state index contributed by atoms with van der Waals surface area (Å²) in [6.45, 7) is 0. The topological polar surface area (TPSA) is 16.8 Å². The summed E-state index contributed by atoms with van der Waals surface area (Å²) in [5.74, 6) is 0.914. The number of fused-ring (bicyclic) bond motifs is 1. The molecule has 2 nitrogen and oxygen atoms in total. The van der Waals surface area contributed by atoms with Crippen LogP contribution in [-0.2, 0) is 0 Å². The highest BCUT2D eigenvalue weighted by Crippen LogP contribution is 2.31. The monoisotopic (exact) mass is 359 g/mol. The number of hydrogen-bond donors (Lipinski definition) is 0. The molecule has 132 valence electrons. The van der Waals surface area contributed by atoms with E-state index in [1.165, 1.54) is 16.5 Å². The zero-order valence-electron chi connectivity index (χ0n) is 15.4. The summed E-state index contributed by atoms with van der Waals surface area (Å²) >= 11 is 0. The zero-order valence-corrected chi connectivity index (χ0v) is 15.4. The number of pyridine rings is 2. The number of aromatic nitrogens is 2. The Morgan fingerprint density at radius 1 is 0.571 bits per heavy atom. The van der Waals surface area contributed by atoms with Crippen LogP contribution in [0.2, 0.25) is 0 Å². The molecule has 0 unspecified atom stereocenters. The van der Waals surface area contributed by atoms with Crippen molar-refractivity contribution in [3.05, 3.63) is 115 Å². The minimum absolute atomic E-state index is 0.914. The van der Waals surface area contributed by atoms with Gasteiger partial charge in [0.25, 0.3) is 0 Å². The molecule has 0 aliphatic carbocycles. The highest BCUT2D eigenvalue weighted by atomic mass is 15.1. The molecule has 5 aromatic rings. The second kappa shape index (κ2) is 7.09. The largest absolute Gasteiger partial charge is 0.328 e. The van der Waals surface area contributed by atoms with Crippen LogP contribution in [0.5, 0.6) is 0 Å². The molecule has 0 saturated carbocycles. The molecule has 28 heavy (non-hydrogen) atoms. The van der Waals surface area contributed by atoms with E-state index in [4.69, 9.17) is 0 Å². The number of benzene rings is 3. The van der Waals surface area contributed by atoms with Gasteiger partial charge in [0, 0.05) is 17.0 Å². The van der Waals surface area contributed by atoms with E-state index in [1.807, 2.05) is 24.4 Å². The first kappa shape index (κ1) is 16.4. The first-order chi connectivity index (χ1) is 13.9. The molecule has 2 aromatic heterocycles. The fraction of sp³-hybridized carbons (Fsp3) is 0. The van der Waals surface area contributed by atoms with Gasteiger partial charge in [0.2, 0.25) is 0 Å². The van der Waals surface area contributed by atoms with Gasteiger partial charge in [-0.3, -0.25) is 0 Å². The van der Waals surface area contributed by atoms with Gasteiger partial charge in [-0.1, -0.05) is 84.9 Å². The Bertz CT molecular complexity index is 1230. The van der Waals surface area contributed by atoms with Crippen molar-refractivity contribution in [2.45, 2.75) is 0 Å². The minimum atomic E-state index is 0.914. The summed E-state index contributed by atoms with van der Waals surface area (Å²) in [4.78, 5) is 4.65. The van der Waals surface area contributed by atoms with Crippen molar-refractivity contribution < 1.29 is 4.57 Å². The fourth-order valence-corrected chi connectivity index (χ4v) is 3.72. The SMILES string of the molecule is c1ccc(-c2cc(-c3ccccc3)[n+](-c3ccccn3)c3ccccc23)cc1. The molecule has 0 amide bonds. The predicted molar refractivity (Wildman–Crippen MR) is 114 cm³/mol. The highest BCUT2D eigenvalue weighted by Gasteiger charge is 2.21. The summed E-state index contributed by atoms with van der Waals surface area (Å²) in [5, 5.41) is 1.21. The number of para-hydroxylation sites is 1. The van der Waals surface area contributed by atoms with Gasteiger partial charge in [-0.25, -0.2) is 0 Å². The van der Waals surface area contributed by atoms with E-state index in [2.05, 4.69) is 101 Å². The lowest BCUT2D eigenvalue weighted by Crippen LogP contribution is -2.35. The van der Waals surface area contributed by atoms with Gasteiger partial charge in [-0.2, -0.15) is 4.57 Å². The molecule has 0 bridgehead atoms. The highest BCUT2D eigenvalue weighted by molar-refractivity contribution is 5.94. The van der Waals surface area contributed by atoms with Gasteiger partial charge < -0.3 is 0 Å². The maximum atomic E-state index is 4.65. The third kappa shape index (κ3) is 2.85. The maximum absolute atomic E-state index is 4.65. The van der Waals surface area contributed by atoms with Crippen molar-refractivity contribution in [2.24, 2.45) is 0 Å². The van der Waals surface area contributed by atoms with Gasteiger partial charge in [0.15, 0.2) is 0 Å². The lowest BCUT2D eigenvalue weighted by atomic mass is 9.97. The second-order valence-corrected chi connectivity index (χ2v) is 6.72. The fourth-order valence-electron chi connectivity index (χ4n) is 3.72. The van der Waals surface area contributed by atoms with Crippen LogP contribution in [0.4, 0.5) is 0 Å². The van der Waals surface area contributed by atoms with E-state index in [9.17, 15) is 0 Å². The molecular weight excluding hydrogens is 340 g/mol. The van der Waals surface area contributed by atoms with Gasteiger partial charge in [-0.15, -0.1) is 0 Å². The molecule has 0 radical (unpaired) electrons. The van der Waals surface area contributed by atoms with E-state index in [1.54, 1.807) is 0 Å². The van der Waals surface area contributed by atoms with Crippen LogP contribution in [0.15, 0.2) is 115 Å². The Labute approximate surface area is 164 Å². The number of rotatable bonds is 3. The Hall–Kier alpha value is -3.78. The second-order valence-electron chi connectivity index (χ2n) is 6.72. The normalized spacial score (nSPS) is 10.9. The molecular formula is C26H19N2+. The van der Waals surface area contributed by atoms with Crippen LogP contribution >= 0.6 is 0 Å². The van der Waals surface area contributed by atoms with Crippen LogP contribution in [0, 0.1) is 0 Å². The van der Waals surface area contributed by atoms with Crippen molar-refractivity contribution >= 4 is 10.9 Å². The summed E-state index contributed by atoms with van der Waals surface area (Å²) in [6, 6.07) is 37.9. The van der Waals surface area contributed by atoms with E-state index >= 15 is 0 Å². The number of hydrogen-bond acceptors (Lipinski definition) is 1. The van der Waals surface area contributed by atoms with Crippen molar-refractivity contribution in [3.63, 3.8) is 0 Å². The smallest absolute Gasteiger partial charge is 0.189 e. The lowest BCUT2D eigenvalue weighted by molar-refractivity contribution is -0.559. The van der Waals surface area contributed by atoms with Crippen molar-refractivity contribution in [1.29, 1.82) is 0 Å². The Kier molecular flexibility index (Phi) is 4.15. The molecule has 2 heterocycles. The molecule has 0 aliphatic rings. The van der Waals surface area contributed by atoms with Crippen LogP contribution in [0.1, 0.15) is 0 Å². The van der Waals surface area contributed by atoms with Gasteiger partial charge >= 0.3 is 5.82 Å². The molecule has 3 aromatic carbocycles. The molecule has 0 spiro atoms. The standard InChI is InChI=1S/C26H19N2/c1-3-11-20(12-4-1)23-19-25(21-13-5-2-6-14-21)28(26-17-9-10-18-27-26)24-16-8-7-15-22(23)24/h1-19H/q+1. The summed E-state index contributed by atoms with van der Waals surface area (Å²) in [7, 11) is 0. The van der Waals surface area contributed by atoms with E-state index < -0.39 is 0 Å². The molecule has 0 aliphatic heterocycles.